The number of unbranched alkanes of at least 4 members (excludes halogenated alkanes) is 2. The zero-order valence-corrected chi connectivity index (χ0v) is 11.8. The van der Waals surface area contributed by atoms with Crippen molar-refractivity contribution in [1.82, 2.24) is 5.32 Å². The van der Waals surface area contributed by atoms with E-state index in [0.717, 1.165) is 0 Å². The fourth-order valence-corrected chi connectivity index (χ4v) is 2.84. The molecule has 1 aliphatic carbocycles. The van der Waals surface area contributed by atoms with Gasteiger partial charge in [-0.3, -0.25) is 0 Å². The Labute approximate surface area is 112 Å². The molecule has 1 nitrogen and oxygen atoms in total. The van der Waals surface area contributed by atoms with Crippen molar-refractivity contribution in [2.24, 2.45) is 0 Å². The maximum Gasteiger partial charge on any atom is -0.00489 e. The summed E-state index contributed by atoms with van der Waals surface area (Å²) in [5.41, 5.74) is 4.77. The summed E-state index contributed by atoms with van der Waals surface area (Å²) in [6, 6.07) is 7.16. The van der Waals surface area contributed by atoms with Crippen LogP contribution >= 0.6 is 0 Å². The first-order valence-electron chi connectivity index (χ1n) is 7.71. The third-order valence-corrected chi connectivity index (χ3v) is 3.91. The molecular weight excluding hydrogens is 218 g/mol. The fourth-order valence-electron chi connectivity index (χ4n) is 2.84. The van der Waals surface area contributed by atoms with Crippen LogP contribution in [-0.2, 0) is 19.3 Å². The molecule has 0 aliphatic heterocycles. The number of aryl methyl sites for hydroxylation is 3. The Morgan fingerprint density at radius 1 is 1.00 bits per heavy atom. The van der Waals surface area contributed by atoms with Gasteiger partial charge in [-0.2, -0.15) is 0 Å². The van der Waals surface area contributed by atoms with Crippen molar-refractivity contribution in [3.05, 3.63) is 34.9 Å². The van der Waals surface area contributed by atoms with Gasteiger partial charge >= 0.3 is 0 Å². The number of hydrogen-bond acceptors (Lipinski definition) is 1. The van der Waals surface area contributed by atoms with Crippen molar-refractivity contribution in [3.63, 3.8) is 0 Å². The Kier molecular flexibility index (Phi) is 5.73. The van der Waals surface area contributed by atoms with E-state index in [1.807, 2.05) is 0 Å². The maximum absolute atomic E-state index is 3.47. The number of fused-ring (bicyclic) bond motifs is 1. The van der Waals surface area contributed by atoms with Crippen LogP contribution in [0.1, 0.15) is 55.7 Å². The highest BCUT2D eigenvalue weighted by molar-refractivity contribution is 5.35. The standard InChI is InChI=1S/C17H27N/c1-2-12-18-13-5-3-4-7-15-10-11-16-8-6-9-17(16)14-15/h10-11,14,18H,2-9,12-13H2,1H3. The van der Waals surface area contributed by atoms with E-state index in [-0.39, 0.29) is 0 Å². The van der Waals surface area contributed by atoms with Gasteiger partial charge < -0.3 is 5.32 Å². The second-order valence-electron chi connectivity index (χ2n) is 5.52. The van der Waals surface area contributed by atoms with E-state index in [1.54, 1.807) is 16.7 Å². The van der Waals surface area contributed by atoms with Gasteiger partial charge in [-0.25, -0.2) is 0 Å². The summed E-state index contributed by atoms with van der Waals surface area (Å²) in [4.78, 5) is 0. The monoisotopic (exact) mass is 245 g/mol. The van der Waals surface area contributed by atoms with Crippen molar-refractivity contribution in [2.75, 3.05) is 13.1 Å². The zero-order valence-electron chi connectivity index (χ0n) is 11.8. The molecular formula is C17H27N. The van der Waals surface area contributed by atoms with Crippen molar-refractivity contribution in [2.45, 2.75) is 58.3 Å². The van der Waals surface area contributed by atoms with Gasteiger partial charge in [-0.15, -0.1) is 0 Å². The van der Waals surface area contributed by atoms with Crippen molar-refractivity contribution >= 4 is 0 Å². The minimum absolute atomic E-state index is 1.17. The molecule has 0 fully saturated rings. The van der Waals surface area contributed by atoms with Gasteiger partial charge in [-0.1, -0.05) is 31.5 Å². The van der Waals surface area contributed by atoms with Crippen LogP contribution in [0.3, 0.4) is 0 Å². The number of benzene rings is 1. The Balaban J connectivity index is 1.62. The van der Waals surface area contributed by atoms with Crippen LogP contribution in [0.25, 0.3) is 0 Å². The van der Waals surface area contributed by atoms with E-state index in [9.17, 15) is 0 Å². The first-order valence-corrected chi connectivity index (χ1v) is 7.71. The molecule has 0 saturated carbocycles. The van der Waals surface area contributed by atoms with Crippen molar-refractivity contribution in [1.29, 1.82) is 0 Å². The molecule has 0 heterocycles. The molecule has 0 bridgehead atoms. The molecule has 2 rings (SSSR count). The molecule has 1 N–H and O–H groups in total. The average Bonchev–Trinajstić information content (AvgIpc) is 2.85. The highest BCUT2D eigenvalue weighted by atomic mass is 14.8. The Bertz CT molecular complexity index is 357. The van der Waals surface area contributed by atoms with Gasteiger partial charge in [0.25, 0.3) is 0 Å². The zero-order chi connectivity index (χ0) is 12.6. The molecule has 1 heteroatoms. The fraction of sp³-hybridized carbons (Fsp3) is 0.647. The lowest BCUT2D eigenvalue weighted by atomic mass is 10.0. The summed E-state index contributed by atoms with van der Waals surface area (Å²) in [5, 5.41) is 3.47. The average molecular weight is 245 g/mol. The number of nitrogens with one attached hydrogen (secondary N) is 1. The summed E-state index contributed by atoms with van der Waals surface area (Å²) in [5.74, 6) is 0. The Morgan fingerprint density at radius 2 is 1.89 bits per heavy atom. The molecule has 1 aliphatic rings. The molecule has 0 radical (unpaired) electrons. The molecule has 100 valence electrons. The summed E-state index contributed by atoms with van der Waals surface area (Å²) in [6.07, 6.45) is 10.5. The highest BCUT2D eigenvalue weighted by Gasteiger charge is 2.10. The molecule has 1 aromatic carbocycles. The van der Waals surface area contributed by atoms with Gasteiger partial charge in [0.05, 0.1) is 0 Å². The molecule has 0 atom stereocenters. The Morgan fingerprint density at radius 3 is 2.78 bits per heavy atom. The topological polar surface area (TPSA) is 12.0 Å². The van der Waals surface area contributed by atoms with Crippen LogP contribution in [0.15, 0.2) is 18.2 Å². The summed E-state index contributed by atoms with van der Waals surface area (Å²) < 4.78 is 0. The summed E-state index contributed by atoms with van der Waals surface area (Å²) in [6.45, 7) is 4.59. The van der Waals surface area contributed by atoms with E-state index >= 15 is 0 Å². The van der Waals surface area contributed by atoms with Gasteiger partial charge in [0.2, 0.25) is 0 Å². The largest absolute Gasteiger partial charge is 0.317 e. The van der Waals surface area contributed by atoms with Gasteiger partial charge in [-0.05, 0) is 74.7 Å². The van der Waals surface area contributed by atoms with E-state index in [1.165, 1.54) is 64.5 Å². The maximum atomic E-state index is 3.47. The molecule has 0 amide bonds. The van der Waals surface area contributed by atoms with E-state index in [0.29, 0.717) is 0 Å². The van der Waals surface area contributed by atoms with Crippen molar-refractivity contribution in [3.8, 4) is 0 Å². The van der Waals surface area contributed by atoms with E-state index < -0.39 is 0 Å². The van der Waals surface area contributed by atoms with Crippen LogP contribution in [-0.4, -0.2) is 13.1 Å². The van der Waals surface area contributed by atoms with Gasteiger partial charge in [0, 0.05) is 0 Å². The predicted molar refractivity (Wildman–Crippen MR) is 79.2 cm³/mol. The molecule has 0 unspecified atom stereocenters. The second-order valence-corrected chi connectivity index (χ2v) is 5.52. The van der Waals surface area contributed by atoms with Crippen molar-refractivity contribution < 1.29 is 0 Å². The van der Waals surface area contributed by atoms with E-state index in [2.05, 4.69) is 30.4 Å². The lowest BCUT2D eigenvalue weighted by molar-refractivity contribution is 0.599. The highest BCUT2D eigenvalue weighted by Crippen LogP contribution is 2.23. The van der Waals surface area contributed by atoms with Crippen LogP contribution < -0.4 is 5.32 Å². The molecule has 0 aromatic heterocycles. The third kappa shape index (κ3) is 4.13. The summed E-state index contributed by atoms with van der Waals surface area (Å²) in [7, 11) is 0. The van der Waals surface area contributed by atoms with Crippen LogP contribution in [0, 0.1) is 0 Å². The smallest absolute Gasteiger partial charge is 0.00489 e. The normalized spacial score (nSPS) is 13.8. The van der Waals surface area contributed by atoms with Crippen LogP contribution in [0.5, 0.6) is 0 Å². The molecule has 18 heavy (non-hydrogen) atoms. The Hall–Kier alpha value is -0.820. The first-order chi connectivity index (χ1) is 8.90. The minimum atomic E-state index is 1.17. The predicted octanol–water partition coefficient (Wildman–Crippen LogP) is 3.89. The van der Waals surface area contributed by atoms with Crippen LogP contribution in [0.4, 0.5) is 0 Å². The molecule has 0 saturated heterocycles. The quantitative estimate of drug-likeness (QED) is 0.685. The van der Waals surface area contributed by atoms with Crippen LogP contribution in [0.2, 0.25) is 0 Å². The summed E-state index contributed by atoms with van der Waals surface area (Å²) >= 11 is 0. The number of hydrogen-bond donors (Lipinski definition) is 1. The van der Waals surface area contributed by atoms with Gasteiger partial charge in [0.15, 0.2) is 0 Å². The minimum Gasteiger partial charge on any atom is -0.317 e. The second kappa shape index (κ2) is 7.58. The number of rotatable bonds is 8. The SMILES string of the molecule is CCCNCCCCCc1ccc2c(c1)CCC2. The lowest BCUT2D eigenvalue weighted by Gasteiger charge is -2.06. The molecule has 1 aromatic rings. The van der Waals surface area contributed by atoms with E-state index in [4.69, 9.17) is 0 Å². The third-order valence-electron chi connectivity index (χ3n) is 3.91. The van der Waals surface area contributed by atoms with Gasteiger partial charge in [0.1, 0.15) is 0 Å². The first kappa shape index (κ1) is 13.6. The molecule has 0 spiro atoms. The lowest BCUT2D eigenvalue weighted by Crippen LogP contribution is -2.15.